The van der Waals surface area contributed by atoms with Gasteiger partial charge in [0.25, 0.3) is 0 Å². The lowest BCUT2D eigenvalue weighted by molar-refractivity contribution is -0.132. The van der Waals surface area contributed by atoms with Crippen molar-refractivity contribution >= 4 is 17.5 Å². The van der Waals surface area contributed by atoms with Gasteiger partial charge in [-0.15, -0.1) is 0 Å². The molecule has 0 spiro atoms. The van der Waals surface area contributed by atoms with Gasteiger partial charge in [0.2, 0.25) is 11.8 Å². The Balaban J connectivity index is 2.13. The van der Waals surface area contributed by atoms with E-state index in [4.69, 9.17) is 0 Å². The van der Waals surface area contributed by atoms with E-state index in [0.717, 1.165) is 16.8 Å². The minimum Gasteiger partial charge on any atom is -0.333 e. The monoisotopic (exact) mass is 398 g/mol. The molecular weight excluding hydrogens is 367 g/mol. The molecule has 0 saturated carbocycles. The maximum absolute atomic E-state index is 13.8. The molecule has 2 aromatic rings. The third-order valence-corrected chi connectivity index (χ3v) is 5.03. The average Bonchev–Trinajstić information content (AvgIpc) is 2.65. The van der Waals surface area contributed by atoms with E-state index in [0.29, 0.717) is 12.0 Å². The molecule has 0 radical (unpaired) electrons. The van der Waals surface area contributed by atoms with Gasteiger partial charge in [0.1, 0.15) is 5.82 Å². The summed E-state index contributed by atoms with van der Waals surface area (Å²) >= 11 is 0. The van der Waals surface area contributed by atoms with Gasteiger partial charge >= 0.3 is 0 Å². The zero-order valence-corrected chi connectivity index (χ0v) is 18.0. The molecule has 0 fully saturated rings. The fourth-order valence-electron chi connectivity index (χ4n) is 3.35. The first kappa shape index (κ1) is 22.6. The van der Waals surface area contributed by atoms with Crippen LogP contribution in [0, 0.1) is 5.82 Å². The Morgan fingerprint density at radius 2 is 1.55 bits per heavy atom. The number of carbonyl (C=O) groups excluding carboxylic acids is 2. The standard InChI is InChI=1S/C24H31FN2O2/c1-16(2)20-10-8-11-21(17(3)4)24(20)26-23(29)15-27(18(5)28)14-13-19-9-6-7-12-22(19)25/h6-12,16-17H,13-15H2,1-5H3,(H,26,29). The third-order valence-electron chi connectivity index (χ3n) is 5.03. The van der Waals surface area contributed by atoms with Gasteiger partial charge in [0.05, 0.1) is 6.54 Å². The number of carbonyl (C=O) groups is 2. The molecule has 0 aliphatic carbocycles. The highest BCUT2D eigenvalue weighted by atomic mass is 19.1. The van der Waals surface area contributed by atoms with Crippen molar-refractivity contribution in [2.75, 3.05) is 18.4 Å². The Morgan fingerprint density at radius 3 is 2.07 bits per heavy atom. The minimum atomic E-state index is -0.298. The van der Waals surface area contributed by atoms with Gasteiger partial charge in [-0.25, -0.2) is 4.39 Å². The zero-order valence-electron chi connectivity index (χ0n) is 18.0. The molecule has 2 aromatic carbocycles. The molecule has 0 saturated heterocycles. The first-order valence-electron chi connectivity index (χ1n) is 10.1. The summed E-state index contributed by atoms with van der Waals surface area (Å²) < 4.78 is 13.8. The molecule has 0 bridgehead atoms. The van der Waals surface area contributed by atoms with Crippen LogP contribution >= 0.6 is 0 Å². The van der Waals surface area contributed by atoms with Gasteiger partial charge in [0, 0.05) is 19.2 Å². The van der Waals surface area contributed by atoms with Crippen LogP contribution in [-0.4, -0.2) is 29.8 Å². The summed E-state index contributed by atoms with van der Waals surface area (Å²) in [6.07, 6.45) is 0.360. The smallest absolute Gasteiger partial charge is 0.244 e. The molecule has 0 heterocycles. The molecule has 5 heteroatoms. The van der Waals surface area contributed by atoms with Gasteiger partial charge in [-0.05, 0) is 41.0 Å². The van der Waals surface area contributed by atoms with Gasteiger partial charge in [-0.3, -0.25) is 9.59 Å². The Kier molecular flexibility index (Phi) is 7.94. The lowest BCUT2D eigenvalue weighted by Gasteiger charge is -2.23. The molecule has 0 aromatic heterocycles. The number of rotatable bonds is 8. The average molecular weight is 399 g/mol. The van der Waals surface area contributed by atoms with Crippen molar-refractivity contribution in [3.63, 3.8) is 0 Å². The van der Waals surface area contributed by atoms with Gasteiger partial charge in [-0.2, -0.15) is 0 Å². The third kappa shape index (κ3) is 6.14. The zero-order chi connectivity index (χ0) is 21.6. The van der Waals surface area contributed by atoms with Crippen molar-refractivity contribution in [1.29, 1.82) is 0 Å². The number of benzene rings is 2. The number of amides is 2. The van der Waals surface area contributed by atoms with Gasteiger partial charge < -0.3 is 10.2 Å². The highest BCUT2D eigenvalue weighted by Gasteiger charge is 2.19. The second-order valence-electron chi connectivity index (χ2n) is 7.95. The summed E-state index contributed by atoms with van der Waals surface area (Å²) in [5, 5.41) is 3.03. The first-order valence-corrected chi connectivity index (χ1v) is 10.1. The number of anilines is 1. The summed E-state index contributed by atoms with van der Waals surface area (Å²) in [6.45, 7) is 10.0. The molecule has 0 aliphatic heterocycles. The van der Waals surface area contributed by atoms with E-state index in [1.807, 2.05) is 18.2 Å². The normalized spacial score (nSPS) is 11.0. The van der Waals surface area contributed by atoms with Crippen molar-refractivity contribution in [2.24, 2.45) is 0 Å². The van der Waals surface area contributed by atoms with Crippen molar-refractivity contribution in [1.82, 2.24) is 4.90 Å². The second-order valence-corrected chi connectivity index (χ2v) is 7.95. The summed E-state index contributed by atoms with van der Waals surface area (Å²) in [4.78, 5) is 26.3. The van der Waals surface area contributed by atoms with Crippen LogP contribution in [0.25, 0.3) is 0 Å². The Hall–Kier alpha value is -2.69. The van der Waals surface area contributed by atoms with Crippen molar-refractivity contribution in [3.05, 3.63) is 65.0 Å². The van der Waals surface area contributed by atoms with Crippen LogP contribution in [-0.2, 0) is 16.0 Å². The molecule has 2 rings (SSSR count). The number of nitrogens with one attached hydrogen (secondary N) is 1. The number of hydrogen-bond donors (Lipinski definition) is 1. The van der Waals surface area contributed by atoms with E-state index in [2.05, 4.69) is 33.0 Å². The first-order chi connectivity index (χ1) is 13.7. The molecule has 156 valence electrons. The molecule has 4 nitrogen and oxygen atoms in total. The quantitative estimate of drug-likeness (QED) is 0.672. The van der Waals surface area contributed by atoms with E-state index >= 15 is 0 Å². The Labute approximate surface area is 173 Å². The van der Waals surface area contributed by atoms with Crippen molar-refractivity contribution in [3.8, 4) is 0 Å². The van der Waals surface area contributed by atoms with E-state index < -0.39 is 0 Å². The Morgan fingerprint density at radius 1 is 0.966 bits per heavy atom. The number of para-hydroxylation sites is 1. The van der Waals surface area contributed by atoms with Crippen molar-refractivity contribution < 1.29 is 14.0 Å². The van der Waals surface area contributed by atoms with Gasteiger partial charge in [0.15, 0.2) is 0 Å². The summed E-state index contributed by atoms with van der Waals surface area (Å²) in [7, 11) is 0. The molecule has 1 N–H and O–H groups in total. The topological polar surface area (TPSA) is 49.4 Å². The highest BCUT2D eigenvalue weighted by molar-refractivity contribution is 5.95. The fraction of sp³-hybridized carbons (Fsp3) is 0.417. The van der Waals surface area contributed by atoms with E-state index in [9.17, 15) is 14.0 Å². The molecule has 29 heavy (non-hydrogen) atoms. The maximum Gasteiger partial charge on any atom is 0.244 e. The van der Waals surface area contributed by atoms with Crippen LogP contribution < -0.4 is 5.32 Å². The van der Waals surface area contributed by atoms with E-state index in [1.54, 1.807) is 18.2 Å². The van der Waals surface area contributed by atoms with Crippen LogP contribution in [0.2, 0.25) is 0 Å². The molecular formula is C24H31FN2O2. The molecule has 2 amide bonds. The number of nitrogens with zero attached hydrogens (tertiary/aromatic N) is 1. The minimum absolute atomic E-state index is 0.0618. The largest absolute Gasteiger partial charge is 0.333 e. The van der Waals surface area contributed by atoms with Gasteiger partial charge in [-0.1, -0.05) is 64.1 Å². The molecule has 0 unspecified atom stereocenters. The predicted molar refractivity (Wildman–Crippen MR) is 116 cm³/mol. The Bertz CT molecular complexity index is 835. The maximum atomic E-state index is 13.8. The molecule has 0 atom stereocenters. The summed E-state index contributed by atoms with van der Waals surface area (Å²) in [5.41, 5.74) is 3.52. The highest BCUT2D eigenvalue weighted by Crippen LogP contribution is 2.32. The van der Waals surface area contributed by atoms with Crippen LogP contribution in [0.5, 0.6) is 0 Å². The molecule has 0 aliphatic rings. The fourth-order valence-corrected chi connectivity index (χ4v) is 3.35. The lowest BCUT2D eigenvalue weighted by Crippen LogP contribution is -2.38. The van der Waals surface area contributed by atoms with Crippen LogP contribution in [0.15, 0.2) is 42.5 Å². The van der Waals surface area contributed by atoms with Crippen LogP contribution in [0.1, 0.15) is 63.1 Å². The summed E-state index contributed by atoms with van der Waals surface area (Å²) in [5.74, 6) is -0.239. The van der Waals surface area contributed by atoms with Crippen molar-refractivity contribution in [2.45, 2.75) is 52.9 Å². The van der Waals surface area contributed by atoms with E-state index in [1.165, 1.54) is 17.9 Å². The second kappa shape index (κ2) is 10.2. The SMILES string of the molecule is CC(=O)N(CCc1ccccc1F)CC(=O)Nc1c(C(C)C)cccc1C(C)C. The van der Waals surface area contributed by atoms with Crippen LogP contribution in [0.4, 0.5) is 10.1 Å². The lowest BCUT2D eigenvalue weighted by atomic mass is 9.92. The predicted octanol–water partition coefficient (Wildman–Crippen LogP) is 5.10. The number of halogens is 1. The summed E-state index contributed by atoms with van der Waals surface area (Å²) in [6, 6.07) is 12.5. The van der Waals surface area contributed by atoms with Crippen LogP contribution in [0.3, 0.4) is 0 Å². The number of hydrogen-bond acceptors (Lipinski definition) is 2. The van der Waals surface area contributed by atoms with E-state index in [-0.39, 0.29) is 42.6 Å².